The Morgan fingerprint density at radius 3 is 2.60 bits per heavy atom. The molecule has 0 saturated carbocycles. The van der Waals surface area contributed by atoms with Gasteiger partial charge in [-0.15, -0.1) is 0 Å². The second-order valence-electron chi connectivity index (χ2n) is 4.36. The molecule has 0 spiro atoms. The molecule has 6 nitrogen and oxygen atoms in total. The van der Waals surface area contributed by atoms with Gasteiger partial charge < -0.3 is 25.0 Å². The van der Waals surface area contributed by atoms with E-state index in [1.165, 1.54) is 26.4 Å². The van der Waals surface area contributed by atoms with Gasteiger partial charge in [0.1, 0.15) is 17.4 Å². The number of benzene rings is 1. The van der Waals surface area contributed by atoms with Crippen molar-refractivity contribution >= 4 is 5.97 Å². The first kappa shape index (κ1) is 16.4. The van der Waals surface area contributed by atoms with Crippen LogP contribution in [0.3, 0.4) is 0 Å². The number of carbonyl (C=O) groups excluding carboxylic acids is 1. The van der Waals surface area contributed by atoms with Gasteiger partial charge in [-0.25, -0.2) is 4.79 Å². The van der Waals surface area contributed by atoms with E-state index in [0.29, 0.717) is 24.3 Å². The molecule has 0 heterocycles. The van der Waals surface area contributed by atoms with Crippen LogP contribution in [0, 0.1) is 0 Å². The van der Waals surface area contributed by atoms with Crippen molar-refractivity contribution in [2.45, 2.75) is 18.6 Å². The number of carbonyl (C=O) groups is 1. The number of methoxy groups -OCH3 is 2. The Morgan fingerprint density at radius 1 is 1.35 bits per heavy atom. The van der Waals surface area contributed by atoms with Gasteiger partial charge in [-0.05, 0) is 37.7 Å². The molecule has 1 aromatic carbocycles. The molecular formula is C14H21NO5. The standard InChI is InChI=1S/C14H21NO5/c1-15-7-6-11(16)13(17)9-4-5-10(14(18)20-3)12(8-9)19-2/h4-5,8,11,13,15-17H,6-7H2,1-3H3. The molecule has 0 amide bonds. The van der Waals surface area contributed by atoms with Gasteiger partial charge >= 0.3 is 5.97 Å². The van der Waals surface area contributed by atoms with Crippen molar-refractivity contribution in [3.63, 3.8) is 0 Å². The zero-order chi connectivity index (χ0) is 15.1. The molecule has 0 fully saturated rings. The average Bonchev–Trinajstić information content (AvgIpc) is 2.50. The summed E-state index contributed by atoms with van der Waals surface area (Å²) in [5, 5.41) is 22.8. The Labute approximate surface area is 118 Å². The van der Waals surface area contributed by atoms with E-state index in [-0.39, 0.29) is 5.56 Å². The van der Waals surface area contributed by atoms with Gasteiger partial charge in [0.25, 0.3) is 0 Å². The van der Waals surface area contributed by atoms with Gasteiger partial charge in [0.2, 0.25) is 0 Å². The molecule has 1 rings (SSSR count). The maximum absolute atomic E-state index is 11.5. The minimum atomic E-state index is -1.04. The van der Waals surface area contributed by atoms with Crippen molar-refractivity contribution < 1.29 is 24.5 Å². The first-order chi connectivity index (χ1) is 9.54. The molecule has 112 valence electrons. The Bertz CT molecular complexity index is 449. The first-order valence-corrected chi connectivity index (χ1v) is 6.32. The zero-order valence-corrected chi connectivity index (χ0v) is 11.9. The molecule has 1 aromatic rings. The molecule has 2 atom stereocenters. The fraction of sp³-hybridized carbons (Fsp3) is 0.500. The summed E-state index contributed by atoms with van der Waals surface area (Å²) in [6.45, 7) is 0.593. The summed E-state index contributed by atoms with van der Waals surface area (Å²) in [4.78, 5) is 11.5. The van der Waals surface area contributed by atoms with E-state index < -0.39 is 18.2 Å². The summed E-state index contributed by atoms with van der Waals surface area (Å²) in [7, 11) is 4.48. The Morgan fingerprint density at radius 2 is 2.05 bits per heavy atom. The van der Waals surface area contributed by atoms with Crippen molar-refractivity contribution in [3.8, 4) is 5.75 Å². The van der Waals surface area contributed by atoms with E-state index in [0.717, 1.165) is 0 Å². The van der Waals surface area contributed by atoms with Gasteiger partial charge in [-0.2, -0.15) is 0 Å². The van der Waals surface area contributed by atoms with Gasteiger partial charge in [-0.3, -0.25) is 0 Å². The van der Waals surface area contributed by atoms with Crippen LogP contribution in [0.2, 0.25) is 0 Å². The number of ether oxygens (including phenoxy) is 2. The van der Waals surface area contributed by atoms with E-state index in [2.05, 4.69) is 10.1 Å². The zero-order valence-electron chi connectivity index (χ0n) is 11.9. The van der Waals surface area contributed by atoms with Crippen molar-refractivity contribution in [2.24, 2.45) is 0 Å². The second-order valence-corrected chi connectivity index (χ2v) is 4.36. The lowest BCUT2D eigenvalue weighted by molar-refractivity contribution is 0.0139. The smallest absolute Gasteiger partial charge is 0.341 e. The maximum Gasteiger partial charge on any atom is 0.341 e. The molecular weight excluding hydrogens is 262 g/mol. The Kier molecular flexibility index (Phi) is 6.44. The second kappa shape index (κ2) is 7.84. The van der Waals surface area contributed by atoms with Crippen LogP contribution >= 0.6 is 0 Å². The van der Waals surface area contributed by atoms with Gasteiger partial charge in [0.15, 0.2) is 0 Å². The number of esters is 1. The van der Waals surface area contributed by atoms with Crippen LogP contribution in [0.4, 0.5) is 0 Å². The quantitative estimate of drug-likeness (QED) is 0.631. The lowest BCUT2D eigenvalue weighted by atomic mass is 10.00. The highest BCUT2D eigenvalue weighted by Crippen LogP contribution is 2.26. The van der Waals surface area contributed by atoms with Crippen LogP contribution in [-0.2, 0) is 4.74 Å². The number of hydrogen-bond acceptors (Lipinski definition) is 6. The fourth-order valence-electron chi connectivity index (χ4n) is 1.84. The van der Waals surface area contributed by atoms with Crippen LogP contribution in [0.25, 0.3) is 0 Å². The van der Waals surface area contributed by atoms with E-state index in [4.69, 9.17) is 4.74 Å². The molecule has 0 aliphatic rings. The first-order valence-electron chi connectivity index (χ1n) is 6.32. The molecule has 0 aliphatic heterocycles. The largest absolute Gasteiger partial charge is 0.496 e. The van der Waals surface area contributed by atoms with Crippen LogP contribution < -0.4 is 10.1 Å². The Hall–Kier alpha value is -1.63. The molecule has 20 heavy (non-hydrogen) atoms. The molecule has 0 bridgehead atoms. The minimum absolute atomic E-state index is 0.274. The minimum Gasteiger partial charge on any atom is -0.496 e. The van der Waals surface area contributed by atoms with Crippen LogP contribution in [-0.4, -0.2) is 50.1 Å². The maximum atomic E-state index is 11.5. The lowest BCUT2D eigenvalue weighted by Gasteiger charge is -2.19. The topological polar surface area (TPSA) is 88.0 Å². The van der Waals surface area contributed by atoms with E-state index >= 15 is 0 Å². The van der Waals surface area contributed by atoms with E-state index in [1.807, 2.05) is 0 Å². The lowest BCUT2D eigenvalue weighted by Crippen LogP contribution is -2.23. The third-order valence-electron chi connectivity index (χ3n) is 3.03. The predicted octanol–water partition coefficient (Wildman–Crippen LogP) is 0.486. The van der Waals surface area contributed by atoms with Gasteiger partial charge in [-0.1, -0.05) is 6.07 Å². The summed E-state index contributed by atoms with van der Waals surface area (Å²) in [5.74, 6) is -0.215. The Balaban J connectivity index is 2.94. The average molecular weight is 283 g/mol. The van der Waals surface area contributed by atoms with Gasteiger partial charge in [0.05, 0.1) is 20.3 Å². The molecule has 0 radical (unpaired) electrons. The third kappa shape index (κ3) is 3.93. The number of aliphatic hydroxyl groups excluding tert-OH is 2. The number of hydrogen-bond donors (Lipinski definition) is 3. The van der Waals surface area contributed by atoms with Crippen molar-refractivity contribution in [1.29, 1.82) is 0 Å². The molecule has 6 heteroatoms. The number of rotatable bonds is 7. The highest BCUT2D eigenvalue weighted by molar-refractivity contribution is 5.92. The van der Waals surface area contributed by atoms with Crippen molar-refractivity contribution in [3.05, 3.63) is 29.3 Å². The predicted molar refractivity (Wildman–Crippen MR) is 73.8 cm³/mol. The molecule has 2 unspecified atom stereocenters. The highest BCUT2D eigenvalue weighted by atomic mass is 16.5. The number of nitrogens with one attached hydrogen (secondary N) is 1. The molecule has 0 aliphatic carbocycles. The van der Waals surface area contributed by atoms with Crippen molar-refractivity contribution in [2.75, 3.05) is 27.8 Å². The van der Waals surface area contributed by atoms with Crippen LogP contribution in [0.5, 0.6) is 5.75 Å². The SMILES string of the molecule is CNCCC(O)C(O)c1ccc(C(=O)OC)c(OC)c1. The van der Waals surface area contributed by atoms with E-state index in [9.17, 15) is 15.0 Å². The van der Waals surface area contributed by atoms with Crippen molar-refractivity contribution in [1.82, 2.24) is 5.32 Å². The summed E-state index contributed by atoms with van der Waals surface area (Å²) in [6.07, 6.45) is -1.52. The summed E-state index contributed by atoms with van der Waals surface area (Å²) in [5.41, 5.74) is 0.758. The summed E-state index contributed by atoms with van der Waals surface area (Å²) >= 11 is 0. The van der Waals surface area contributed by atoms with Crippen LogP contribution in [0.15, 0.2) is 18.2 Å². The van der Waals surface area contributed by atoms with Crippen LogP contribution in [0.1, 0.15) is 28.4 Å². The third-order valence-corrected chi connectivity index (χ3v) is 3.03. The normalized spacial score (nSPS) is 13.7. The van der Waals surface area contributed by atoms with E-state index in [1.54, 1.807) is 13.1 Å². The molecule has 3 N–H and O–H groups in total. The fourth-order valence-corrected chi connectivity index (χ4v) is 1.84. The van der Waals surface area contributed by atoms with Gasteiger partial charge in [0, 0.05) is 0 Å². The number of aliphatic hydroxyl groups is 2. The summed E-state index contributed by atoms with van der Waals surface area (Å²) in [6, 6.07) is 4.61. The molecule has 0 saturated heterocycles. The highest BCUT2D eigenvalue weighted by Gasteiger charge is 2.21. The molecule has 0 aromatic heterocycles. The monoisotopic (exact) mass is 283 g/mol. The summed E-state index contributed by atoms with van der Waals surface area (Å²) < 4.78 is 9.75.